The lowest BCUT2D eigenvalue weighted by molar-refractivity contribution is -0.123. The monoisotopic (exact) mass is 449 g/mol. The summed E-state index contributed by atoms with van der Waals surface area (Å²) < 4.78 is 19.6. The number of imide groups is 1. The average molecular weight is 450 g/mol. The summed E-state index contributed by atoms with van der Waals surface area (Å²) in [6.07, 6.45) is 2.54. The van der Waals surface area contributed by atoms with Crippen molar-refractivity contribution in [3.63, 3.8) is 0 Å². The van der Waals surface area contributed by atoms with Crippen LogP contribution in [-0.4, -0.2) is 22.7 Å². The number of ether oxygens (including phenoxy) is 1. The Morgan fingerprint density at radius 2 is 1.93 bits per heavy atom. The molecular formula is C20H17BrFNO3S. The van der Waals surface area contributed by atoms with E-state index in [1.54, 1.807) is 18.2 Å². The SMILES string of the molecule is CCCOc1ccc(Br)cc1/C=C1\SC(=O)N(Cc2ccc(F)cc2)C1=O. The molecule has 4 nitrogen and oxygen atoms in total. The third kappa shape index (κ3) is 4.78. The van der Waals surface area contributed by atoms with Crippen molar-refractivity contribution in [2.45, 2.75) is 19.9 Å². The van der Waals surface area contributed by atoms with E-state index in [0.717, 1.165) is 33.1 Å². The summed E-state index contributed by atoms with van der Waals surface area (Å²) in [6.45, 7) is 2.69. The zero-order chi connectivity index (χ0) is 19.4. The maximum absolute atomic E-state index is 13.0. The van der Waals surface area contributed by atoms with Crippen molar-refractivity contribution in [2.75, 3.05) is 6.61 Å². The van der Waals surface area contributed by atoms with Gasteiger partial charge in [0.2, 0.25) is 0 Å². The van der Waals surface area contributed by atoms with Crippen LogP contribution in [-0.2, 0) is 11.3 Å². The minimum absolute atomic E-state index is 0.111. The summed E-state index contributed by atoms with van der Waals surface area (Å²) in [5.41, 5.74) is 1.42. The molecule has 0 aliphatic carbocycles. The molecule has 2 amide bonds. The molecule has 2 aromatic carbocycles. The van der Waals surface area contributed by atoms with Crippen molar-refractivity contribution in [3.8, 4) is 5.75 Å². The maximum Gasteiger partial charge on any atom is 0.293 e. The summed E-state index contributed by atoms with van der Waals surface area (Å²) in [6, 6.07) is 11.3. The summed E-state index contributed by atoms with van der Waals surface area (Å²) in [5.74, 6) is -0.0665. The van der Waals surface area contributed by atoms with Crippen LogP contribution in [0.3, 0.4) is 0 Å². The molecule has 0 radical (unpaired) electrons. The van der Waals surface area contributed by atoms with Gasteiger partial charge in [0.05, 0.1) is 18.1 Å². The van der Waals surface area contributed by atoms with E-state index < -0.39 is 0 Å². The van der Waals surface area contributed by atoms with Gasteiger partial charge in [-0.1, -0.05) is 35.0 Å². The molecule has 3 rings (SSSR count). The first-order valence-corrected chi connectivity index (χ1v) is 10.0. The highest BCUT2D eigenvalue weighted by Gasteiger charge is 2.35. The van der Waals surface area contributed by atoms with Crippen molar-refractivity contribution in [1.29, 1.82) is 0 Å². The minimum atomic E-state index is -0.365. The second-order valence-electron chi connectivity index (χ2n) is 5.92. The fourth-order valence-electron chi connectivity index (χ4n) is 2.53. The van der Waals surface area contributed by atoms with E-state index in [0.29, 0.717) is 22.8 Å². The molecular weight excluding hydrogens is 433 g/mol. The van der Waals surface area contributed by atoms with Gasteiger partial charge in [0.15, 0.2) is 0 Å². The van der Waals surface area contributed by atoms with E-state index in [2.05, 4.69) is 15.9 Å². The van der Waals surface area contributed by atoms with Crippen molar-refractivity contribution in [2.24, 2.45) is 0 Å². The molecule has 7 heteroatoms. The molecule has 1 aliphatic rings. The van der Waals surface area contributed by atoms with Crippen LogP contribution in [0.4, 0.5) is 9.18 Å². The average Bonchev–Trinajstić information content (AvgIpc) is 2.90. The second kappa shape index (κ2) is 8.71. The van der Waals surface area contributed by atoms with Crippen molar-refractivity contribution in [1.82, 2.24) is 4.90 Å². The van der Waals surface area contributed by atoms with Crippen LogP contribution in [0, 0.1) is 5.82 Å². The van der Waals surface area contributed by atoms with E-state index in [-0.39, 0.29) is 23.5 Å². The van der Waals surface area contributed by atoms with E-state index in [4.69, 9.17) is 4.74 Å². The smallest absolute Gasteiger partial charge is 0.293 e. The molecule has 1 saturated heterocycles. The number of thioether (sulfide) groups is 1. The van der Waals surface area contributed by atoms with Crippen LogP contribution in [0.15, 0.2) is 51.8 Å². The van der Waals surface area contributed by atoms with E-state index in [1.165, 1.54) is 12.1 Å². The topological polar surface area (TPSA) is 46.6 Å². The zero-order valence-electron chi connectivity index (χ0n) is 14.6. The Morgan fingerprint density at radius 1 is 1.19 bits per heavy atom. The highest BCUT2D eigenvalue weighted by molar-refractivity contribution is 9.10. The molecule has 0 spiro atoms. The third-order valence-electron chi connectivity index (χ3n) is 3.85. The molecule has 2 aromatic rings. The zero-order valence-corrected chi connectivity index (χ0v) is 17.0. The minimum Gasteiger partial charge on any atom is -0.493 e. The molecule has 0 atom stereocenters. The molecule has 140 valence electrons. The van der Waals surface area contributed by atoms with Gasteiger partial charge >= 0.3 is 0 Å². The molecule has 27 heavy (non-hydrogen) atoms. The Hall–Kier alpha value is -2.12. The normalized spacial score (nSPS) is 15.7. The first-order valence-electron chi connectivity index (χ1n) is 8.40. The molecule has 1 aliphatic heterocycles. The standard InChI is InChI=1S/C20H17BrFNO3S/c1-2-9-26-17-8-5-15(21)10-14(17)11-18-19(24)23(20(25)27-18)12-13-3-6-16(22)7-4-13/h3-8,10-11H,2,9,12H2,1H3/b18-11-. The predicted octanol–water partition coefficient (Wildman–Crippen LogP) is 5.61. The predicted molar refractivity (Wildman–Crippen MR) is 108 cm³/mol. The van der Waals surface area contributed by atoms with E-state index >= 15 is 0 Å². The number of hydrogen-bond donors (Lipinski definition) is 0. The summed E-state index contributed by atoms with van der Waals surface area (Å²) in [5, 5.41) is -0.346. The van der Waals surface area contributed by atoms with Gasteiger partial charge in [-0.15, -0.1) is 0 Å². The Bertz CT molecular complexity index is 899. The van der Waals surface area contributed by atoms with Crippen LogP contribution in [0.2, 0.25) is 0 Å². The summed E-state index contributed by atoms with van der Waals surface area (Å²) >= 11 is 4.31. The largest absolute Gasteiger partial charge is 0.493 e. The van der Waals surface area contributed by atoms with Crippen molar-refractivity contribution in [3.05, 3.63) is 68.8 Å². The second-order valence-corrected chi connectivity index (χ2v) is 7.83. The molecule has 1 heterocycles. The molecule has 0 bridgehead atoms. The number of hydrogen-bond acceptors (Lipinski definition) is 4. The van der Waals surface area contributed by atoms with Gasteiger partial charge in [-0.3, -0.25) is 14.5 Å². The number of amides is 2. The number of rotatable bonds is 6. The molecule has 1 fully saturated rings. The lowest BCUT2D eigenvalue weighted by Gasteiger charge is -2.12. The van der Waals surface area contributed by atoms with Gasteiger partial charge in [0, 0.05) is 10.0 Å². The maximum atomic E-state index is 13.0. The van der Waals surface area contributed by atoms with Crippen molar-refractivity contribution < 1.29 is 18.7 Å². The third-order valence-corrected chi connectivity index (χ3v) is 5.25. The lowest BCUT2D eigenvalue weighted by atomic mass is 10.1. The van der Waals surface area contributed by atoms with E-state index in [1.807, 2.05) is 25.1 Å². The van der Waals surface area contributed by atoms with Crippen molar-refractivity contribution >= 4 is 44.9 Å². The molecule has 0 saturated carbocycles. The van der Waals surface area contributed by atoms with Gasteiger partial charge < -0.3 is 4.74 Å². The Morgan fingerprint density at radius 3 is 2.63 bits per heavy atom. The lowest BCUT2D eigenvalue weighted by Crippen LogP contribution is -2.27. The molecule has 0 aromatic heterocycles. The highest BCUT2D eigenvalue weighted by atomic mass is 79.9. The first-order chi connectivity index (χ1) is 13.0. The van der Waals surface area contributed by atoms with Crippen LogP contribution in [0.25, 0.3) is 6.08 Å². The fourth-order valence-corrected chi connectivity index (χ4v) is 3.73. The van der Waals surface area contributed by atoms with Gasteiger partial charge in [-0.25, -0.2) is 4.39 Å². The Kier molecular flexibility index (Phi) is 6.34. The number of benzene rings is 2. The Labute approximate surface area is 169 Å². The highest BCUT2D eigenvalue weighted by Crippen LogP contribution is 2.35. The summed E-state index contributed by atoms with van der Waals surface area (Å²) in [4.78, 5) is 26.5. The van der Waals surface area contributed by atoms with Gasteiger partial charge in [-0.2, -0.15) is 0 Å². The number of carbonyl (C=O) groups is 2. The fraction of sp³-hybridized carbons (Fsp3) is 0.200. The van der Waals surface area contributed by atoms with Crippen LogP contribution < -0.4 is 4.74 Å². The number of halogens is 2. The van der Waals surface area contributed by atoms with Gasteiger partial charge in [0.1, 0.15) is 11.6 Å². The number of carbonyl (C=O) groups excluding carboxylic acids is 2. The van der Waals surface area contributed by atoms with Crippen LogP contribution in [0.5, 0.6) is 5.75 Å². The summed E-state index contributed by atoms with van der Waals surface area (Å²) in [7, 11) is 0. The first kappa shape index (κ1) is 19.6. The van der Waals surface area contributed by atoms with Gasteiger partial charge in [0.25, 0.3) is 11.1 Å². The van der Waals surface area contributed by atoms with Crippen LogP contribution in [0.1, 0.15) is 24.5 Å². The van der Waals surface area contributed by atoms with E-state index in [9.17, 15) is 14.0 Å². The molecule has 0 unspecified atom stereocenters. The van der Waals surface area contributed by atoms with Crippen LogP contribution >= 0.6 is 27.7 Å². The number of nitrogens with zero attached hydrogens (tertiary/aromatic N) is 1. The molecule has 0 N–H and O–H groups in total. The van der Waals surface area contributed by atoms with Gasteiger partial charge in [-0.05, 0) is 60.2 Å². The Balaban J connectivity index is 1.84. The quantitative estimate of drug-likeness (QED) is 0.537.